The number of halogens is 2. The van der Waals surface area contributed by atoms with Crippen molar-refractivity contribution in [2.45, 2.75) is 25.9 Å². The molecule has 0 aliphatic carbocycles. The summed E-state index contributed by atoms with van der Waals surface area (Å²) in [6.45, 7) is 2.84. The topological polar surface area (TPSA) is 65.1 Å². The first-order valence-electron chi connectivity index (χ1n) is 6.63. The van der Waals surface area contributed by atoms with Gasteiger partial charge in [-0.3, -0.25) is 10.5 Å². The molecule has 1 aromatic carbocycles. The quantitative estimate of drug-likeness (QED) is 0.631. The van der Waals surface area contributed by atoms with Crippen molar-refractivity contribution in [2.75, 3.05) is 7.11 Å². The Balaban J connectivity index is 2.55. The number of rotatable bonds is 6. The molecule has 21 heavy (non-hydrogen) atoms. The monoisotopic (exact) mass is 328 g/mol. The van der Waals surface area contributed by atoms with Gasteiger partial charge in [-0.1, -0.05) is 42.3 Å². The van der Waals surface area contributed by atoms with Crippen molar-refractivity contribution in [3.63, 3.8) is 0 Å². The zero-order chi connectivity index (χ0) is 15.4. The van der Waals surface area contributed by atoms with E-state index in [9.17, 15) is 0 Å². The fraction of sp³-hybridized carbons (Fsp3) is 0.357. The van der Waals surface area contributed by atoms with E-state index >= 15 is 0 Å². The van der Waals surface area contributed by atoms with Gasteiger partial charge in [0, 0.05) is 6.54 Å². The van der Waals surface area contributed by atoms with Gasteiger partial charge < -0.3 is 4.74 Å². The zero-order valence-corrected chi connectivity index (χ0v) is 13.4. The minimum atomic E-state index is -0.361. The molecule has 0 aliphatic rings. The molecule has 0 aliphatic heterocycles. The summed E-state index contributed by atoms with van der Waals surface area (Å²) < 4.78 is 7.25. The summed E-state index contributed by atoms with van der Waals surface area (Å²) in [5, 5.41) is 5.29. The number of hydrogen-bond donors (Lipinski definition) is 2. The number of benzene rings is 1. The Morgan fingerprint density at radius 3 is 2.81 bits per heavy atom. The lowest BCUT2D eigenvalue weighted by Crippen LogP contribution is -2.31. The molecule has 2 rings (SSSR count). The molecular weight excluding hydrogens is 311 g/mol. The molecule has 1 unspecified atom stereocenters. The van der Waals surface area contributed by atoms with E-state index in [0.717, 1.165) is 24.2 Å². The molecule has 7 heteroatoms. The van der Waals surface area contributed by atoms with Gasteiger partial charge in [0.15, 0.2) is 5.75 Å². The normalized spacial score (nSPS) is 12.4. The lowest BCUT2D eigenvalue weighted by atomic mass is 10.0. The van der Waals surface area contributed by atoms with Crippen LogP contribution in [0, 0.1) is 0 Å². The van der Waals surface area contributed by atoms with E-state index in [1.54, 1.807) is 19.4 Å². The van der Waals surface area contributed by atoms with Gasteiger partial charge in [0.2, 0.25) is 0 Å². The fourth-order valence-electron chi connectivity index (χ4n) is 2.28. The number of methoxy groups -OCH3 is 1. The van der Waals surface area contributed by atoms with E-state index in [2.05, 4.69) is 17.4 Å². The van der Waals surface area contributed by atoms with Gasteiger partial charge in [-0.25, -0.2) is 5.43 Å². The van der Waals surface area contributed by atoms with Gasteiger partial charge in [0.1, 0.15) is 5.69 Å². The van der Waals surface area contributed by atoms with Crippen LogP contribution < -0.4 is 16.0 Å². The SMILES string of the molecule is CCCn1ncc(OC)c1C(NN)c1cccc(Cl)c1Cl. The molecule has 3 N–H and O–H groups in total. The molecule has 2 aromatic rings. The van der Waals surface area contributed by atoms with Crippen LogP contribution in [0.5, 0.6) is 5.75 Å². The number of nitrogens with two attached hydrogens (primary N) is 1. The third-order valence-electron chi connectivity index (χ3n) is 3.23. The van der Waals surface area contributed by atoms with Gasteiger partial charge in [-0.15, -0.1) is 0 Å². The highest BCUT2D eigenvalue weighted by Gasteiger charge is 2.25. The summed E-state index contributed by atoms with van der Waals surface area (Å²) in [5.41, 5.74) is 4.38. The lowest BCUT2D eigenvalue weighted by Gasteiger charge is -2.20. The van der Waals surface area contributed by atoms with Crippen LogP contribution in [0.25, 0.3) is 0 Å². The van der Waals surface area contributed by atoms with E-state index < -0.39 is 0 Å². The van der Waals surface area contributed by atoms with Crippen LogP contribution in [0.3, 0.4) is 0 Å². The molecule has 1 aromatic heterocycles. The van der Waals surface area contributed by atoms with Crippen LogP contribution in [0.4, 0.5) is 0 Å². The first-order chi connectivity index (χ1) is 10.1. The smallest absolute Gasteiger partial charge is 0.161 e. The van der Waals surface area contributed by atoms with Gasteiger partial charge in [-0.2, -0.15) is 5.10 Å². The van der Waals surface area contributed by atoms with Crippen molar-refractivity contribution in [3.8, 4) is 5.75 Å². The molecule has 5 nitrogen and oxygen atoms in total. The Morgan fingerprint density at radius 2 is 2.19 bits per heavy atom. The highest BCUT2D eigenvalue weighted by molar-refractivity contribution is 6.42. The van der Waals surface area contributed by atoms with Crippen molar-refractivity contribution in [2.24, 2.45) is 5.84 Å². The van der Waals surface area contributed by atoms with Crippen molar-refractivity contribution in [1.82, 2.24) is 15.2 Å². The molecule has 114 valence electrons. The van der Waals surface area contributed by atoms with Crippen LogP contribution in [-0.4, -0.2) is 16.9 Å². The number of hydrazine groups is 1. The summed E-state index contributed by atoms with van der Waals surface area (Å²) in [6, 6.07) is 5.09. The summed E-state index contributed by atoms with van der Waals surface area (Å²) in [4.78, 5) is 0. The molecule has 0 amide bonds. The van der Waals surface area contributed by atoms with E-state index in [-0.39, 0.29) is 6.04 Å². The zero-order valence-electron chi connectivity index (χ0n) is 11.9. The average Bonchev–Trinajstić information content (AvgIpc) is 2.88. The number of ether oxygens (including phenoxy) is 1. The molecule has 0 saturated carbocycles. The number of hydrogen-bond acceptors (Lipinski definition) is 4. The van der Waals surface area contributed by atoms with Crippen LogP contribution >= 0.6 is 23.2 Å². The third kappa shape index (κ3) is 3.16. The third-order valence-corrected chi connectivity index (χ3v) is 4.07. The Bertz CT molecular complexity index is 615. The van der Waals surface area contributed by atoms with Gasteiger partial charge >= 0.3 is 0 Å². The van der Waals surface area contributed by atoms with Gasteiger partial charge in [0.25, 0.3) is 0 Å². The Morgan fingerprint density at radius 1 is 1.43 bits per heavy atom. The van der Waals surface area contributed by atoms with Crippen molar-refractivity contribution < 1.29 is 4.74 Å². The average molecular weight is 329 g/mol. The van der Waals surface area contributed by atoms with Gasteiger partial charge in [-0.05, 0) is 18.1 Å². The molecule has 0 spiro atoms. The number of nitrogens with zero attached hydrogens (tertiary/aromatic N) is 2. The Labute approximate surface area is 134 Å². The molecule has 0 radical (unpaired) electrons. The van der Waals surface area contributed by atoms with E-state index in [1.807, 2.05) is 16.8 Å². The molecule has 0 fully saturated rings. The second-order valence-corrected chi connectivity index (χ2v) is 5.35. The summed E-state index contributed by atoms with van der Waals surface area (Å²) in [5.74, 6) is 6.41. The number of aryl methyl sites for hydroxylation is 1. The van der Waals surface area contributed by atoms with Crippen molar-refractivity contribution >= 4 is 23.2 Å². The second-order valence-electron chi connectivity index (χ2n) is 4.56. The van der Waals surface area contributed by atoms with Crippen LogP contribution in [-0.2, 0) is 6.54 Å². The van der Waals surface area contributed by atoms with E-state index in [1.165, 1.54) is 0 Å². The maximum Gasteiger partial charge on any atom is 0.161 e. The van der Waals surface area contributed by atoms with Crippen molar-refractivity contribution in [1.29, 1.82) is 0 Å². The maximum absolute atomic E-state index is 6.31. The predicted molar refractivity (Wildman–Crippen MR) is 84.7 cm³/mol. The summed E-state index contributed by atoms with van der Waals surface area (Å²) >= 11 is 12.4. The molecule has 0 saturated heterocycles. The number of aromatic nitrogens is 2. The second kappa shape index (κ2) is 7.13. The largest absolute Gasteiger partial charge is 0.493 e. The van der Waals surface area contributed by atoms with Crippen LogP contribution in [0.15, 0.2) is 24.4 Å². The number of nitrogens with one attached hydrogen (secondary N) is 1. The first kappa shape index (κ1) is 16.1. The highest BCUT2D eigenvalue weighted by atomic mass is 35.5. The van der Waals surface area contributed by atoms with E-state index in [0.29, 0.717) is 15.8 Å². The molecule has 1 heterocycles. The molecular formula is C14H18Cl2N4O. The minimum Gasteiger partial charge on any atom is -0.493 e. The Hall–Kier alpha value is -1.27. The van der Waals surface area contributed by atoms with Crippen LogP contribution in [0.1, 0.15) is 30.6 Å². The minimum absolute atomic E-state index is 0.361. The lowest BCUT2D eigenvalue weighted by molar-refractivity contribution is 0.398. The standard InChI is InChI=1S/C14H18Cl2N4O/c1-3-7-20-14(11(21-2)8-18-20)13(19-17)9-5-4-6-10(15)12(9)16/h4-6,8,13,19H,3,7,17H2,1-2H3. The Kier molecular flexibility index (Phi) is 5.47. The maximum atomic E-state index is 6.31. The molecule has 1 atom stereocenters. The highest BCUT2D eigenvalue weighted by Crippen LogP contribution is 2.36. The van der Waals surface area contributed by atoms with Gasteiger partial charge in [0.05, 0.1) is 29.4 Å². The summed E-state index contributed by atoms with van der Waals surface area (Å²) in [6.07, 6.45) is 2.62. The van der Waals surface area contributed by atoms with Crippen molar-refractivity contribution in [3.05, 3.63) is 45.7 Å². The fourth-order valence-corrected chi connectivity index (χ4v) is 2.69. The molecule has 0 bridgehead atoms. The first-order valence-corrected chi connectivity index (χ1v) is 7.39. The predicted octanol–water partition coefficient (Wildman–Crippen LogP) is 3.16. The van der Waals surface area contributed by atoms with E-state index in [4.69, 9.17) is 33.8 Å². The summed E-state index contributed by atoms with van der Waals surface area (Å²) in [7, 11) is 1.60. The van der Waals surface area contributed by atoms with Crippen LogP contribution in [0.2, 0.25) is 10.0 Å².